The third-order valence-electron chi connectivity index (χ3n) is 3.11. The maximum Gasteiger partial charge on any atom is 0.135 e. The minimum atomic E-state index is -0.759. The molecule has 2 aromatic carbocycles. The summed E-state index contributed by atoms with van der Waals surface area (Å²) in [5.41, 5.74) is 2.27. The van der Waals surface area contributed by atoms with Crippen molar-refractivity contribution in [1.82, 2.24) is 4.98 Å². The predicted molar refractivity (Wildman–Crippen MR) is 77.3 cm³/mol. The zero-order valence-corrected chi connectivity index (χ0v) is 10.9. The molecule has 0 saturated heterocycles. The molecule has 0 spiro atoms. The number of aliphatic hydroxyl groups excluding tert-OH is 1. The quantitative estimate of drug-likeness (QED) is 0.714. The molecule has 0 radical (unpaired) electrons. The zero-order valence-electron chi connectivity index (χ0n) is 10.1. The molecular weight excluding hydrogens is 258 g/mol. The molecule has 3 rings (SSSR count). The first-order chi connectivity index (χ1) is 9.25. The molecule has 0 fully saturated rings. The Morgan fingerprint density at radius 1 is 0.947 bits per heavy atom. The summed E-state index contributed by atoms with van der Waals surface area (Å²) in [6, 6.07) is 19.0. The molecule has 1 heterocycles. The predicted octanol–water partition coefficient (Wildman–Crippen LogP) is 3.97. The second-order valence-corrected chi connectivity index (χ2v) is 4.73. The lowest BCUT2D eigenvalue weighted by Crippen LogP contribution is -2.01. The van der Waals surface area contributed by atoms with Crippen LogP contribution in [0.3, 0.4) is 0 Å². The van der Waals surface area contributed by atoms with E-state index in [0.717, 1.165) is 16.5 Å². The smallest absolute Gasteiger partial charge is 0.135 e. The van der Waals surface area contributed by atoms with Crippen molar-refractivity contribution in [1.29, 1.82) is 0 Å². The van der Waals surface area contributed by atoms with Gasteiger partial charge in [0.05, 0.1) is 5.52 Å². The Morgan fingerprint density at radius 2 is 1.63 bits per heavy atom. The van der Waals surface area contributed by atoms with E-state index < -0.39 is 6.10 Å². The number of aliphatic hydroxyl groups is 1. The third-order valence-corrected chi connectivity index (χ3v) is 3.42. The van der Waals surface area contributed by atoms with Crippen molar-refractivity contribution in [2.75, 3.05) is 0 Å². The third kappa shape index (κ3) is 2.33. The van der Waals surface area contributed by atoms with Gasteiger partial charge >= 0.3 is 0 Å². The van der Waals surface area contributed by atoms with Gasteiger partial charge in [0, 0.05) is 10.9 Å². The number of para-hydroxylation sites is 1. The van der Waals surface area contributed by atoms with Gasteiger partial charge in [-0.2, -0.15) is 0 Å². The lowest BCUT2D eigenvalue weighted by Gasteiger charge is -2.13. The lowest BCUT2D eigenvalue weighted by atomic mass is 10.0. The highest BCUT2D eigenvalue weighted by Gasteiger charge is 2.15. The molecular formula is C16H12ClNO. The molecule has 94 valence electrons. The number of hydrogen-bond donors (Lipinski definition) is 1. The van der Waals surface area contributed by atoms with Gasteiger partial charge in [0.2, 0.25) is 0 Å². The Bertz CT molecular complexity index is 712. The SMILES string of the molecule is OC(c1ccccc1)c1cc2ccccc2nc1Cl. The van der Waals surface area contributed by atoms with Gasteiger partial charge in [-0.15, -0.1) is 0 Å². The minimum Gasteiger partial charge on any atom is -0.384 e. The number of hydrogen-bond acceptors (Lipinski definition) is 2. The van der Waals surface area contributed by atoms with Gasteiger partial charge in [-0.05, 0) is 17.7 Å². The van der Waals surface area contributed by atoms with E-state index >= 15 is 0 Å². The van der Waals surface area contributed by atoms with Crippen molar-refractivity contribution < 1.29 is 5.11 Å². The van der Waals surface area contributed by atoms with E-state index in [1.807, 2.05) is 60.7 Å². The maximum atomic E-state index is 10.4. The fourth-order valence-electron chi connectivity index (χ4n) is 2.12. The van der Waals surface area contributed by atoms with Gasteiger partial charge in [0.25, 0.3) is 0 Å². The highest BCUT2D eigenvalue weighted by molar-refractivity contribution is 6.30. The normalized spacial score (nSPS) is 12.5. The van der Waals surface area contributed by atoms with Gasteiger partial charge < -0.3 is 5.11 Å². The molecule has 3 heteroatoms. The molecule has 1 aromatic heterocycles. The minimum absolute atomic E-state index is 0.343. The second kappa shape index (κ2) is 5.00. The summed E-state index contributed by atoms with van der Waals surface area (Å²) in [5, 5.41) is 11.7. The molecule has 0 amide bonds. The van der Waals surface area contributed by atoms with Crippen molar-refractivity contribution in [2.45, 2.75) is 6.10 Å². The Kier molecular flexibility index (Phi) is 3.20. The van der Waals surface area contributed by atoms with Crippen molar-refractivity contribution >= 4 is 22.5 Å². The fourth-order valence-corrected chi connectivity index (χ4v) is 2.36. The summed E-state index contributed by atoms with van der Waals surface area (Å²) in [6.45, 7) is 0. The molecule has 3 aromatic rings. The Labute approximate surface area is 116 Å². The van der Waals surface area contributed by atoms with Crippen LogP contribution in [0, 0.1) is 0 Å². The van der Waals surface area contributed by atoms with Gasteiger partial charge in [0.15, 0.2) is 0 Å². The summed E-state index contributed by atoms with van der Waals surface area (Å²) in [6.07, 6.45) is -0.759. The van der Waals surface area contributed by atoms with Crippen LogP contribution in [-0.4, -0.2) is 10.1 Å². The Morgan fingerprint density at radius 3 is 2.42 bits per heavy atom. The summed E-state index contributed by atoms with van der Waals surface area (Å²) >= 11 is 6.18. The van der Waals surface area contributed by atoms with Crippen molar-refractivity contribution in [2.24, 2.45) is 0 Å². The summed E-state index contributed by atoms with van der Waals surface area (Å²) in [4.78, 5) is 4.33. The van der Waals surface area contributed by atoms with Crippen molar-refractivity contribution in [3.8, 4) is 0 Å². The number of rotatable bonds is 2. The molecule has 0 bridgehead atoms. The topological polar surface area (TPSA) is 33.1 Å². The first-order valence-electron chi connectivity index (χ1n) is 6.04. The maximum absolute atomic E-state index is 10.4. The molecule has 1 unspecified atom stereocenters. The largest absolute Gasteiger partial charge is 0.384 e. The van der Waals surface area contributed by atoms with Gasteiger partial charge in [0.1, 0.15) is 11.3 Å². The highest BCUT2D eigenvalue weighted by Crippen LogP contribution is 2.29. The average molecular weight is 270 g/mol. The number of nitrogens with zero attached hydrogens (tertiary/aromatic N) is 1. The van der Waals surface area contributed by atoms with Crippen LogP contribution in [0.5, 0.6) is 0 Å². The average Bonchev–Trinajstić information content (AvgIpc) is 2.47. The standard InChI is InChI=1S/C16H12ClNO/c17-16-13(15(19)11-6-2-1-3-7-11)10-12-8-4-5-9-14(12)18-16/h1-10,15,19H. The Hall–Kier alpha value is -1.90. The summed E-state index contributed by atoms with van der Waals surface area (Å²) in [5.74, 6) is 0. The van der Waals surface area contributed by atoms with E-state index in [4.69, 9.17) is 11.6 Å². The molecule has 2 nitrogen and oxygen atoms in total. The van der Waals surface area contributed by atoms with Crippen LogP contribution in [0.15, 0.2) is 60.7 Å². The molecule has 0 saturated carbocycles. The van der Waals surface area contributed by atoms with Crippen LogP contribution in [0.4, 0.5) is 0 Å². The number of pyridine rings is 1. The second-order valence-electron chi connectivity index (χ2n) is 4.37. The first kappa shape index (κ1) is 12.2. The molecule has 0 aliphatic carbocycles. The molecule has 1 atom stereocenters. The summed E-state index contributed by atoms with van der Waals surface area (Å²) < 4.78 is 0. The van der Waals surface area contributed by atoms with Gasteiger partial charge in [-0.25, -0.2) is 4.98 Å². The first-order valence-corrected chi connectivity index (χ1v) is 6.42. The van der Waals surface area contributed by atoms with E-state index in [9.17, 15) is 5.11 Å². The van der Waals surface area contributed by atoms with E-state index in [1.54, 1.807) is 0 Å². The van der Waals surface area contributed by atoms with Crippen LogP contribution in [0.2, 0.25) is 5.15 Å². The number of aromatic nitrogens is 1. The van der Waals surface area contributed by atoms with Crippen LogP contribution in [0.25, 0.3) is 10.9 Å². The van der Waals surface area contributed by atoms with Crippen LogP contribution >= 0.6 is 11.6 Å². The number of fused-ring (bicyclic) bond motifs is 1. The summed E-state index contributed by atoms with van der Waals surface area (Å²) in [7, 11) is 0. The van der Waals surface area contributed by atoms with Crippen LogP contribution < -0.4 is 0 Å². The molecule has 1 N–H and O–H groups in total. The van der Waals surface area contributed by atoms with E-state index in [1.165, 1.54) is 0 Å². The van der Waals surface area contributed by atoms with Crippen LogP contribution in [-0.2, 0) is 0 Å². The van der Waals surface area contributed by atoms with Crippen molar-refractivity contribution in [3.63, 3.8) is 0 Å². The Balaban J connectivity index is 2.12. The van der Waals surface area contributed by atoms with E-state index in [-0.39, 0.29) is 0 Å². The molecule has 0 aliphatic heterocycles. The lowest BCUT2D eigenvalue weighted by molar-refractivity contribution is 0.220. The van der Waals surface area contributed by atoms with E-state index in [2.05, 4.69) is 4.98 Å². The fraction of sp³-hybridized carbons (Fsp3) is 0.0625. The zero-order chi connectivity index (χ0) is 13.2. The van der Waals surface area contributed by atoms with Crippen LogP contribution in [0.1, 0.15) is 17.2 Å². The van der Waals surface area contributed by atoms with E-state index in [0.29, 0.717) is 10.7 Å². The van der Waals surface area contributed by atoms with Gasteiger partial charge in [-0.3, -0.25) is 0 Å². The van der Waals surface area contributed by atoms with Gasteiger partial charge in [-0.1, -0.05) is 60.1 Å². The van der Waals surface area contributed by atoms with Crippen molar-refractivity contribution in [3.05, 3.63) is 76.9 Å². The number of benzene rings is 2. The highest BCUT2D eigenvalue weighted by atomic mass is 35.5. The monoisotopic (exact) mass is 269 g/mol. The molecule has 19 heavy (non-hydrogen) atoms. The number of halogens is 1. The molecule has 0 aliphatic rings.